The van der Waals surface area contributed by atoms with Gasteiger partial charge in [-0.25, -0.2) is 0 Å². The average molecular weight is 240 g/mol. The first-order valence-electron chi connectivity index (χ1n) is 7.35. The van der Waals surface area contributed by atoms with Crippen molar-refractivity contribution >= 4 is 0 Å². The summed E-state index contributed by atoms with van der Waals surface area (Å²) >= 11 is 0. The van der Waals surface area contributed by atoms with Crippen LogP contribution in [0.1, 0.15) is 39.0 Å². The Morgan fingerprint density at radius 1 is 1.18 bits per heavy atom. The molecule has 3 heteroatoms. The van der Waals surface area contributed by atoms with Gasteiger partial charge in [0.1, 0.15) is 0 Å². The first kappa shape index (κ1) is 13.3. The zero-order valence-electron chi connectivity index (χ0n) is 11.2. The molecule has 2 fully saturated rings. The SMILES string of the molecule is CCOC(CN)CCN(CC1CC1)CC1CC1. The van der Waals surface area contributed by atoms with Gasteiger partial charge in [-0.05, 0) is 50.9 Å². The highest BCUT2D eigenvalue weighted by molar-refractivity contribution is 4.82. The maximum atomic E-state index is 5.73. The summed E-state index contributed by atoms with van der Waals surface area (Å²) < 4.78 is 5.63. The second-order valence-corrected chi connectivity index (χ2v) is 5.75. The Balaban J connectivity index is 1.66. The van der Waals surface area contributed by atoms with Gasteiger partial charge >= 0.3 is 0 Å². The predicted octanol–water partition coefficient (Wildman–Crippen LogP) is 1.86. The third-order valence-electron chi connectivity index (χ3n) is 3.86. The summed E-state index contributed by atoms with van der Waals surface area (Å²) in [5.41, 5.74) is 5.73. The maximum Gasteiger partial charge on any atom is 0.0709 e. The van der Waals surface area contributed by atoms with Gasteiger partial charge in [0.15, 0.2) is 0 Å². The lowest BCUT2D eigenvalue weighted by Gasteiger charge is -2.24. The summed E-state index contributed by atoms with van der Waals surface area (Å²) in [5.74, 6) is 1.99. The molecule has 1 atom stereocenters. The molecule has 2 N–H and O–H groups in total. The molecule has 2 aliphatic carbocycles. The van der Waals surface area contributed by atoms with E-state index in [0.29, 0.717) is 6.54 Å². The molecule has 0 aromatic heterocycles. The second-order valence-electron chi connectivity index (χ2n) is 5.75. The number of nitrogens with two attached hydrogens (primary N) is 1. The largest absolute Gasteiger partial charge is 0.377 e. The molecule has 0 amide bonds. The van der Waals surface area contributed by atoms with E-state index < -0.39 is 0 Å². The monoisotopic (exact) mass is 240 g/mol. The quantitative estimate of drug-likeness (QED) is 0.633. The highest BCUT2D eigenvalue weighted by atomic mass is 16.5. The van der Waals surface area contributed by atoms with Gasteiger partial charge in [-0.2, -0.15) is 0 Å². The zero-order valence-corrected chi connectivity index (χ0v) is 11.2. The Kier molecular flexibility index (Phi) is 5.26. The first-order valence-corrected chi connectivity index (χ1v) is 7.35. The standard InChI is InChI=1S/C14H28N2O/c1-2-17-14(9-15)7-8-16(10-12-3-4-12)11-13-5-6-13/h12-14H,2-11,15H2,1H3. The smallest absolute Gasteiger partial charge is 0.0709 e. The van der Waals surface area contributed by atoms with E-state index in [9.17, 15) is 0 Å². The Morgan fingerprint density at radius 2 is 1.76 bits per heavy atom. The molecule has 0 saturated heterocycles. The predicted molar refractivity (Wildman–Crippen MR) is 71.0 cm³/mol. The molecule has 0 aromatic rings. The van der Waals surface area contributed by atoms with Crippen LogP contribution in [0.5, 0.6) is 0 Å². The van der Waals surface area contributed by atoms with E-state index in [0.717, 1.165) is 24.9 Å². The molecule has 0 spiro atoms. The Hall–Kier alpha value is -0.120. The molecule has 0 radical (unpaired) electrons. The lowest BCUT2D eigenvalue weighted by molar-refractivity contribution is 0.0534. The number of rotatable bonds is 10. The molecule has 2 saturated carbocycles. The van der Waals surface area contributed by atoms with Crippen molar-refractivity contribution in [2.24, 2.45) is 17.6 Å². The molecule has 2 aliphatic rings. The normalized spacial score (nSPS) is 22.1. The fourth-order valence-electron chi connectivity index (χ4n) is 2.42. The second kappa shape index (κ2) is 6.72. The topological polar surface area (TPSA) is 38.5 Å². The minimum Gasteiger partial charge on any atom is -0.377 e. The summed E-state index contributed by atoms with van der Waals surface area (Å²) in [5, 5.41) is 0. The highest BCUT2D eigenvalue weighted by Crippen LogP contribution is 2.33. The fourth-order valence-corrected chi connectivity index (χ4v) is 2.42. The summed E-state index contributed by atoms with van der Waals surface area (Å²) in [6.07, 6.45) is 7.17. The van der Waals surface area contributed by atoms with Gasteiger partial charge < -0.3 is 15.4 Å². The number of ether oxygens (including phenoxy) is 1. The van der Waals surface area contributed by atoms with Gasteiger partial charge in [-0.15, -0.1) is 0 Å². The van der Waals surface area contributed by atoms with Crippen molar-refractivity contribution in [2.75, 3.05) is 32.8 Å². The third kappa shape index (κ3) is 5.36. The van der Waals surface area contributed by atoms with E-state index in [-0.39, 0.29) is 6.10 Å². The van der Waals surface area contributed by atoms with Crippen LogP contribution < -0.4 is 5.73 Å². The van der Waals surface area contributed by atoms with Crippen molar-refractivity contribution in [3.8, 4) is 0 Å². The number of hydrogen-bond donors (Lipinski definition) is 1. The van der Waals surface area contributed by atoms with Gasteiger partial charge in [0.05, 0.1) is 6.10 Å². The molecule has 17 heavy (non-hydrogen) atoms. The highest BCUT2D eigenvalue weighted by Gasteiger charge is 2.29. The van der Waals surface area contributed by atoms with Crippen LogP contribution in [0.2, 0.25) is 0 Å². The van der Waals surface area contributed by atoms with E-state index in [1.165, 1.54) is 45.3 Å². The first-order chi connectivity index (χ1) is 8.31. The molecule has 0 aromatic carbocycles. The third-order valence-corrected chi connectivity index (χ3v) is 3.86. The van der Waals surface area contributed by atoms with Crippen molar-refractivity contribution in [3.63, 3.8) is 0 Å². The minimum absolute atomic E-state index is 0.265. The van der Waals surface area contributed by atoms with E-state index in [4.69, 9.17) is 10.5 Å². The van der Waals surface area contributed by atoms with Crippen molar-refractivity contribution < 1.29 is 4.74 Å². The zero-order chi connectivity index (χ0) is 12.1. The molecule has 0 aliphatic heterocycles. The Bertz CT molecular complexity index is 200. The Morgan fingerprint density at radius 3 is 2.18 bits per heavy atom. The van der Waals surface area contributed by atoms with Crippen LogP contribution in [0.3, 0.4) is 0 Å². The molecule has 2 rings (SSSR count). The van der Waals surface area contributed by atoms with Crippen LogP contribution in [0.4, 0.5) is 0 Å². The molecule has 0 bridgehead atoms. The van der Waals surface area contributed by atoms with E-state index in [1.807, 2.05) is 0 Å². The number of nitrogens with zero attached hydrogens (tertiary/aromatic N) is 1. The van der Waals surface area contributed by atoms with Crippen LogP contribution in [-0.2, 0) is 4.74 Å². The molecular formula is C14H28N2O. The Labute approximate surface area is 106 Å². The van der Waals surface area contributed by atoms with Crippen molar-refractivity contribution in [1.82, 2.24) is 4.90 Å². The lowest BCUT2D eigenvalue weighted by atomic mass is 10.2. The van der Waals surface area contributed by atoms with Crippen LogP contribution in [-0.4, -0.2) is 43.8 Å². The van der Waals surface area contributed by atoms with Crippen LogP contribution in [0, 0.1) is 11.8 Å². The summed E-state index contributed by atoms with van der Waals surface area (Å²) in [6, 6.07) is 0. The molecule has 0 heterocycles. The van der Waals surface area contributed by atoms with Crippen LogP contribution in [0.25, 0.3) is 0 Å². The molecule has 3 nitrogen and oxygen atoms in total. The number of hydrogen-bond acceptors (Lipinski definition) is 3. The fraction of sp³-hybridized carbons (Fsp3) is 1.00. The van der Waals surface area contributed by atoms with Crippen LogP contribution >= 0.6 is 0 Å². The van der Waals surface area contributed by atoms with E-state index in [2.05, 4.69) is 11.8 Å². The van der Waals surface area contributed by atoms with Crippen LogP contribution in [0.15, 0.2) is 0 Å². The molecular weight excluding hydrogens is 212 g/mol. The summed E-state index contributed by atoms with van der Waals surface area (Å²) in [7, 11) is 0. The van der Waals surface area contributed by atoms with Crippen molar-refractivity contribution in [1.29, 1.82) is 0 Å². The van der Waals surface area contributed by atoms with Gasteiger partial charge in [-0.3, -0.25) is 0 Å². The van der Waals surface area contributed by atoms with Gasteiger partial charge in [0.2, 0.25) is 0 Å². The maximum absolute atomic E-state index is 5.73. The van der Waals surface area contributed by atoms with Gasteiger partial charge in [-0.1, -0.05) is 0 Å². The molecule has 100 valence electrons. The lowest BCUT2D eigenvalue weighted by Crippen LogP contribution is -2.34. The van der Waals surface area contributed by atoms with Gasteiger partial charge in [0, 0.05) is 32.8 Å². The average Bonchev–Trinajstić information content (AvgIpc) is 3.19. The minimum atomic E-state index is 0.265. The van der Waals surface area contributed by atoms with Crippen molar-refractivity contribution in [2.45, 2.75) is 45.1 Å². The summed E-state index contributed by atoms with van der Waals surface area (Å²) in [4.78, 5) is 2.66. The van der Waals surface area contributed by atoms with E-state index >= 15 is 0 Å². The summed E-state index contributed by atoms with van der Waals surface area (Å²) in [6.45, 7) is 7.31. The molecule has 1 unspecified atom stereocenters. The van der Waals surface area contributed by atoms with Gasteiger partial charge in [0.25, 0.3) is 0 Å². The van der Waals surface area contributed by atoms with E-state index in [1.54, 1.807) is 0 Å². The van der Waals surface area contributed by atoms with Crippen molar-refractivity contribution in [3.05, 3.63) is 0 Å².